The van der Waals surface area contributed by atoms with Crippen molar-refractivity contribution in [2.24, 2.45) is 5.73 Å². The van der Waals surface area contributed by atoms with E-state index >= 15 is 0 Å². The number of aromatic nitrogens is 1. The van der Waals surface area contributed by atoms with E-state index in [-0.39, 0.29) is 5.91 Å². The second-order valence-corrected chi connectivity index (χ2v) is 7.71. The molecule has 2 N–H and O–H groups in total. The van der Waals surface area contributed by atoms with E-state index in [1.807, 2.05) is 37.3 Å². The number of carbonyl (C=O) groups excluding carboxylic acids is 1. The molecule has 0 atom stereocenters. The highest BCUT2D eigenvalue weighted by Gasteiger charge is 2.24. The number of carbonyl (C=O) groups is 1. The van der Waals surface area contributed by atoms with Gasteiger partial charge in [0.15, 0.2) is 11.5 Å². The standard InChI is InChI=1S/C26H32N2O3/c1-5-6-12-21-25(20-10-8-7-9-11-20)24(26(27)29)18(2)28(21)16-15-19-13-14-22(30-3)23(17-19)31-4/h7-11,13-14,17H,5-6,12,15-16H2,1-4H3,(H2,27,29). The zero-order chi connectivity index (χ0) is 22.4. The lowest BCUT2D eigenvalue weighted by molar-refractivity contribution is 0.1000. The van der Waals surface area contributed by atoms with Gasteiger partial charge in [0.2, 0.25) is 0 Å². The number of ether oxygens (including phenoxy) is 2. The lowest BCUT2D eigenvalue weighted by Gasteiger charge is -2.14. The summed E-state index contributed by atoms with van der Waals surface area (Å²) in [6.07, 6.45) is 3.85. The summed E-state index contributed by atoms with van der Waals surface area (Å²) in [7, 11) is 3.28. The summed E-state index contributed by atoms with van der Waals surface area (Å²) in [6, 6.07) is 16.1. The van der Waals surface area contributed by atoms with Crippen molar-refractivity contribution in [3.05, 3.63) is 71.0 Å². The van der Waals surface area contributed by atoms with Gasteiger partial charge in [-0.1, -0.05) is 49.7 Å². The van der Waals surface area contributed by atoms with Crippen LogP contribution in [-0.4, -0.2) is 24.7 Å². The maximum Gasteiger partial charge on any atom is 0.251 e. The summed E-state index contributed by atoms with van der Waals surface area (Å²) in [5.41, 5.74) is 11.8. The molecule has 0 aliphatic rings. The second kappa shape index (κ2) is 10.2. The number of nitrogens with zero attached hydrogens (tertiary/aromatic N) is 1. The molecule has 3 rings (SSSR count). The number of amides is 1. The molecule has 31 heavy (non-hydrogen) atoms. The zero-order valence-electron chi connectivity index (χ0n) is 18.9. The maximum absolute atomic E-state index is 12.5. The van der Waals surface area contributed by atoms with Crippen molar-refractivity contribution in [1.82, 2.24) is 4.57 Å². The van der Waals surface area contributed by atoms with Crippen LogP contribution in [0.3, 0.4) is 0 Å². The molecule has 0 saturated heterocycles. The summed E-state index contributed by atoms with van der Waals surface area (Å²) in [5.74, 6) is 1.06. The zero-order valence-corrected chi connectivity index (χ0v) is 18.9. The van der Waals surface area contributed by atoms with E-state index < -0.39 is 0 Å². The molecule has 0 aliphatic carbocycles. The lowest BCUT2D eigenvalue weighted by atomic mass is 9.97. The average Bonchev–Trinajstić information content (AvgIpc) is 3.07. The van der Waals surface area contributed by atoms with Crippen molar-refractivity contribution in [3.8, 4) is 22.6 Å². The minimum atomic E-state index is -0.376. The van der Waals surface area contributed by atoms with Gasteiger partial charge in [-0.25, -0.2) is 0 Å². The minimum Gasteiger partial charge on any atom is -0.493 e. The number of rotatable bonds is 10. The van der Waals surface area contributed by atoms with Crippen LogP contribution in [0.4, 0.5) is 0 Å². The number of unbranched alkanes of at least 4 members (excludes halogenated alkanes) is 1. The van der Waals surface area contributed by atoms with Crippen LogP contribution in [0.15, 0.2) is 48.5 Å². The summed E-state index contributed by atoms with van der Waals surface area (Å²) < 4.78 is 13.1. The van der Waals surface area contributed by atoms with Crippen molar-refractivity contribution in [2.45, 2.75) is 46.1 Å². The first kappa shape index (κ1) is 22.5. The van der Waals surface area contributed by atoms with Gasteiger partial charge in [0.05, 0.1) is 19.8 Å². The highest BCUT2D eigenvalue weighted by atomic mass is 16.5. The smallest absolute Gasteiger partial charge is 0.251 e. The van der Waals surface area contributed by atoms with Gasteiger partial charge in [0.1, 0.15) is 0 Å². The van der Waals surface area contributed by atoms with Gasteiger partial charge in [-0.05, 0) is 49.4 Å². The molecule has 0 saturated carbocycles. The van der Waals surface area contributed by atoms with Crippen molar-refractivity contribution in [1.29, 1.82) is 0 Å². The highest BCUT2D eigenvalue weighted by Crippen LogP contribution is 2.34. The molecule has 164 valence electrons. The van der Waals surface area contributed by atoms with E-state index in [9.17, 15) is 4.79 Å². The first-order valence-electron chi connectivity index (χ1n) is 10.8. The van der Waals surface area contributed by atoms with Gasteiger partial charge in [-0.2, -0.15) is 0 Å². The van der Waals surface area contributed by atoms with Crippen LogP contribution < -0.4 is 15.2 Å². The van der Waals surface area contributed by atoms with Crippen molar-refractivity contribution in [2.75, 3.05) is 14.2 Å². The van der Waals surface area contributed by atoms with Gasteiger partial charge >= 0.3 is 0 Å². The molecule has 0 fully saturated rings. The van der Waals surface area contributed by atoms with Crippen molar-refractivity contribution in [3.63, 3.8) is 0 Å². The fourth-order valence-electron chi connectivity index (χ4n) is 4.20. The number of benzene rings is 2. The number of primary amides is 1. The molecular weight excluding hydrogens is 388 g/mol. The Morgan fingerprint density at radius 2 is 1.71 bits per heavy atom. The normalized spacial score (nSPS) is 10.8. The molecule has 0 unspecified atom stereocenters. The molecule has 1 amide bonds. The predicted octanol–water partition coefficient (Wildman–Crippen LogP) is 5.16. The summed E-state index contributed by atoms with van der Waals surface area (Å²) >= 11 is 0. The van der Waals surface area contributed by atoms with Crippen molar-refractivity contribution < 1.29 is 14.3 Å². The molecule has 5 nitrogen and oxygen atoms in total. The molecule has 2 aromatic carbocycles. The first-order chi connectivity index (χ1) is 15.0. The number of methoxy groups -OCH3 is 2. The summed E-state index contributed by atoms with van der Waals surface area (Å²) in [6.45, 7) is 4.94. The van der Waals surface area contributed by atoms with Crippen LogP contribution >= 0.6 is 0 Å². The van der Waals surface area contributed by atoms with E-state index in [4.69, 9.17) is 15.2 Å². The third-order valence-corrected chi connectivity index (χ3v) is 5.78. The lowest BCUT2D eigenvalue weighted by Crippen LogP contribution is -2.14. The first-order valence-corrected chi connectivity index (χ1v) is 10.8. The molecule has 3 aromatic rings. The van der Waals surface area contributed by atoms with Crippen LogP contribution in [0.5, 0.6) is 11.5 Å². The molecule has 0 radical (unpaired) electrons. The van der Waals surface area contributed by atoms with Crippen molar-refractivity contribution >= 4 is 5.91 Å². The minimum absolute atomic E-state index is 0.376. The number of nitrogens with two attached hydrogens (primary N) is 1. The molecule has 1 aromatic heterocycles. The monoisotopic (exact) mass is 420 g/mol. The average molecular weight is 421 g/mol. The van der Waals surface area contributed by atoms with Gasteiger partial charge in [0, 0.05) is 23.5 Å². The Balaban J connectivity index is 2.04. The maximum atomic E-state index is 12.5. The summed E-state index contributed by atoms with van der Waals surface area (Å²) in [5, 5.41) is 0. The number of hydrogen-bond acceptors (Lipinski definition) is 3. The predicted molar refractivity (Wildman–Crippen MR) is 125 cm³/mol. The van der Waals surface area contributed by atoms with Crippen LogP contribution in [0.1, 0.15) is 47.1 Å². The van der Waals surface area contributed by atoms with Gasteiger partial charge in [0.25, 0.3) is 5.91 Å². The molecule has 0 bridgehead atoms. The molecule has 0 spiro atoms. The fourth-order valence-corrected chi connectivity index (χ4v) is 4.20. The molecule has 0 aliphatic heterocycles. The third kappa shape index (κ3) is 4.76. The molecular formula is C26H32N2O3. The van der Waals surface area contributed by atoms with E-state index in [0.717, 1.165) is 66.1 Å². The quantitative estimate of drug-likeness (QED) is 0.492. The Hall–Kier alpha value is -3.21. The van der Waals surface area contributed by atoms with Crippen LogP contribution in [0, 0.1) is 6.92 Å². The Morgan fingerprint density at radius 1 is 1.00 bits per heavy atom. The van der Waals surface area contributed by atoms with E-state index in [2.05, 4.69) is 29.7 Å². The van der Waals surface area contributed by atoms with Gasteiger partial charge in [-0.15, -0.1) is 0 Å². The Morgan fingerprint density at radius 3 is 2.32 bits per heavy atom. The summed E-state index contributed by atoms with van der Waals surface area (Å²) in [4.78, 5) is 12.5. The second-order valence-electron chi connectivity index (χ2n) is 7.71. The van der Waals surface area contributed by atoms with Gasteiger partial charge < -0.3 is 19.8 Å². The van der Waals surface area contributed by atoms with E-state index in [1.54, 1.807) is 14.2 Å². The Bertz CT molecular complexity index is 1040. The Kier molecular flexibility index (Phi) is 7.40. The third-order valence-electron chi connectivity index (χ3n) is 5.78. The molecule has 1 heterocycles. The topological polar surface area (TPSA) is 66.5 Å². The highest BCUT2D eigenvalue weighted by molar-refractivity contribution is 6.02. The fraction of sp³-hybridized carbons (Fsp3) is 0.346. The van der Waals surface area contributed by atoms with Crippen LogP contribution in [0.25, 0.3) is 11.1 Å². The SMILES string of the molecule is CCCCc1c(-c2ccccc2)c(C(N)=O)c(C)n1CCc1ccc(OC)c(OC)c1. The molecule has 5 heteroatoms. The van der Waals surface area contributed by atoms with E-state index in [0.29, 0.717) is 5.56 Å². The van der Waals surface area contributed by atoms with Crippen LogP contribution in [-0.2, 0) is 19.4 Å². The largest absolute Gasteiger partial charge is 0.493 e. The number of hydrogen-bond donors (Lipinski definition) is 1. The van der Waals surface area contributed by atoms with E-state index in [1.165, 1.54) is 5.69 Å². The van der Waals surface area contributed by atoms with Crippen LogP contribution in [0.2, 0.25) is 0 Å². The Labute approximate surface area is 184 Å². The number of aryl methyl sites for hydroxylation is 1. The van der Waals surface area contributed by atoms with Gasteiger partial charge in [-0.3, -0.25) is 4.79 Å².